The number of phenols is 1. The number of benzene rings is 1. The number of phenolic OH excluding ortho intramolecular Hbond substituents is 1. The highest BCUT2D eigenvalue weighted by atomic mass is 16.5. The van der Waals surface area contributed by atoms with Gasteiger partial charge in [0.25, 0.3) is 0 Å². The first-order valence-electron chi connectivity index (χ1n) is 7.79. The van der Waals surface area contributed by atoms with Crippen LogP contribution in [-0.4, -0.2) is 41.8 Å². The molecule has 4 nitrogen and oxygen atoms in total. The number of nitrogens with two attached hydrogens (primary N) is 1. The minimum Gasteiger partial charge on any atom is -0.504 e. The van der Waals surface area contributed by atoms with Crippen LogP contribution in [0.1, 0.15) is 17.5 Å². The largest absolute Gasteiger partial charge is 0.504 e. The fourth-order valence-electron chi connectivity index (χ4n) is 5.30. The normalized spacial score (nSPS) is 42.6. The molecule has 1 aromatic carbocycles. The molecule has 1 fully saturated rings. The third kappa shape index (κ3) is 1.21. The Kier molecular flexibility index (Phi) is 2.08. The molecule has 0 radical (unpaired) electrons. The molecule has 1 aromatic rings. The fourth-order valence-corrected chi connectivity index (χ4v) is 5.30. The van der Waals surface area contributed by atoms with Gasteiger partial charge in [0.1, 0.15) is 6.10 Å². The molecule has 21 heavy (non-hydrogen) atoms. The zero-order valence-corrected chi connectivity index (χ0v) is 12.1. The number of rotatable bonds is 0. The van der Waals surface area contributed by atoms with Crippen LogP contribution in [0.5, 0.6) is 11.5 Å². The molecule has 4 heteroatoms. The summed E-state index contributed by atoms with van der Waals surface area (Å²) in [6, 6.07) is 4.27. The van der Waals surface area contributed by atoms with Gasteiger partial charge in [-0.3, -0.25) is 0 Å². The Bertz CT molecular complexity index is 671. The molecule has 2 unspecified atom stereocenters. The average Bonchev–Trinajstić information content (AvgIpc) is 2.83. The van der Waals surface area contributed by atoms with Crippen molar-refractivity contribution in [3.63, 3.8) is 0 Å². The Balaban J connectivity index is 1.84. The van der Waals surface area contributed by atoms with Gasteiger partial charge in [0.15, 0.2) is 11.5 Å². The average molecular weight is 284 g/mol. The van der Waals surface area contributed by atoms with Crippen molar-refractivity contribution in [1.82, 2.24) is 4.90 Å². The molecule has 2 aliphatic carbocycles. The van der Waals surface area contributed by atoms with Crippen molar-refractivity contribution in [3.05, 3.63) is 35.4 Å². The molecule has 0 aromatic heterocycles. The monoisotopic (exact) mass is 284 g/mol. The molecule has 3 N–H and O–H groups in total. The quantitative estimate of drug-likeness (QED) is 0.702. The van der Waals surface area contributed by atoms with E-state index in [9.17, 15) is 5.11 Å². The summed E-state index contributed by atoms with van der Waals surface area (Å²) in [4.78, 5) is 2.47. The minimum absolute atomic E-state index is 0.0347. The maximum atomic E-state index is 10.2. The molecule has 2 heterocycles. The van der Waals surface area contributed by atoms with E-state index in [0.717, 1.165) is 19.4 Å². The third-order valence-corrected chi connectivity index (χ3v) is 6.21. The van der Waals surface area contributed by atoms with Crippen LogP contribution in [0, 0.1) is 5.92 Å². The lowest BCUT2D eigenvalue weighted by atomic mass is 9.53. The van der Waals surface area contributed by atoms with E-state index < -0.39 is 0 Å². The van der Waals surface area contributed by atoms with Gasteiger partial charge in [0, 0.05) is 22.9 Å². The SMILES string of the molecule is CN1CCC23c4c5ccc(O)c4O[C@H]2[C@@H](N)C=CC3[C@H]1C5. The Morgan fingerprint density at radius 3 is 3.10 bits per heavy atom. The number of nitrogens with zero attached hydrogens (tertiary/aromatic N) is 1. The van der Waals surface area contributed by atoms with E-state index in [-0.39, 0.29) is 23.3 Å². The van der Waals surface area contributed by atoms with Crippen molar-refractivity contribution in [3.8, 4) is 11.5 Å². The van der Waals surface area contributed by atoms with E-state index in [4.69, 9.17) is 10.5 Å². The first-order valence-corrected chi connectivity index (χ1v) is 7.79. The van der Waals surface area contributed by atoms with Gasteiger partial charge in [-0.25, -0.2) is 0 Å². The molecule has 2 aliphatic heterocycles. The molecule has 110 valence electrons. The van der Waals surface area contributed by atoms with E-state index in [0.29, 0.717) is 17.7 Å². The number of likely N-dealkylation sites (tertiary alicyclic amines) is 1. The van der Waals surface area contributed by atoms with Crippen LogP contribution in [0.3, 0.4) is 0 Å². The molecule has 0 saturated carbocycles. The summed E-state index contributed by atoms with van der Waals surface area (Å²) in [6.45, 7) is 1.07. The second-order valence-electron chi connectivity index (χ2n) is 7.02. The Labute approximate surface area is 124 Å². The van der Waals surface area contributed by atoms with Crippen LogP contribution in [-0.2, 0) is 11.8 Å². The lowest BCUT2D eigenvalue weighted by molar-refractivity contribution is -0.00428. The molecule has 1 spiro atoms. The van der Waals surface area contributed by atoms with E-state index in [1.807, 2.05) is 0 Å². The summed E-state index contributed by atoms with van der Waals surface area (Å²) in [5, 5.41) is 10.2. The van der Waals surface area contributed by atoms with Crippen molar-refractivity contribution < 1.29 is 9.84 Å². The number of likely N-dealkylation sites (N-methyl/N-ethyl adjacent to an activating group) is 1. The second kappa shape index (κ2) is 3.62. The molecular formula is C17H20N2O2. The highest BCUT2D eigenvalue weighted by Gasteiger charge is 2.63. The Morgan fingerprint density at radius 1 is 1.38 bits per heavy atom. The maximum absolute atomic E-state index is 10.2. The zero-order valence-electron chi connectivity index (χ0n) is 12.1. The summed E-state index contributed by atoms with van der Waals surface area (Å²) in [6.07, 6.45) is 6.46. The molecule has 4 aliphatic rings. The summed E-state index contributed by atoms with van der Waals surface area (Å²) in [5.41, 5.74) is 8.89. The predicted octanol–water partition coefficient (Wildman–Crippen LogP) is 1.16. The smallest absolute Gasteiger partial charge is 0.165 e. The number of aromatic hydroxyl groups is 1. The topological polar surface area (TPSA) is 58.7 Å². The van der Waals surface area contributed by atoms with Gasteiger partial charge < -0.3 is 20.5 Å². The maximum Gasteiger partial charge on any atom is 0.165 e. The van der Waals surface area contributed by atoms with Gasteiger partial charge in [-0.2, -0.15) is 0 Å². The number of ether oxygens (including phenoxy) is 1. The van der Waals surface area contributed by atoms with Crippen molar-refractivity contribution in [2.24, 2.45) is 11.7 Å². The number of piperidine rings is 1. The lowest BCUT2D eigenvalue weighted by Crippen LogP contribution is -2.65. The second-order valence-corrected chi connectivity index (χ2v) is 7.02. The van der Waals surface area contributed by atoms with Crippen LogP contribution in [0.25, 0.3) is 0 Å². The molecule has 1 saturated heterocycles. The van der Waals surface area contributed by atoms with Crippen molar-refractivity contribution in [1.29, 1.82) is 0 Å². The van der Waals surface area contributed by atoms with Crippen LogP contribution in [0.4, 0.5) is 0 Å². The van der Waals surface area contributed by atoms with Gasteiger partial charge in [0.05, 0.1) is 6.04 Å². The summed E-state index contributed by atoms with van der Waals surface area (Å²) in [5.74, 6) is 1.40. The lowest BCUT2D eigenvalue weighted by Gasteiger charge is -2.56. The zero-order chi connectivity index (χ0) is 14.4. The first kappa shape index (κ1) is 12.1. The summed E-state index contributed by atoms with van der Waals surface area (Å²) >= 11 is 0. The van der Waals surface area contributed by atoms with E-state index in [1.54, 1.807) is 6.07 Å². The van der Waals surface area contributed by atoms with Crippen LogP contribution < -0.4 is 10.5 Å². The van der Waals surface area contributed by atoms with Crippen LogP contribution in [0.15, 0.2) is 24.3 Å². The van der Waals surface area contributed by atoms with Gasteiger partial charge in [-0.05, 0) is 38.1 Å². The minimum atomic E-state index is -0.0944. The number of hydrogen-bond donors (Lipinski definition) is 2. The van der Waals surface area contributed by atoms with Crippen molar-refractivity contribution in [2.75, 3.05) is 13.6 Å². The van der Waals surface area contributed by atoms with Crippen LogP contribution >= 0.6 is 0 Å². The standard InChI is InChI=1S/C17H20N2O2/c1-19-7-6-17-10-3-4-11(18)16(17)21-15-13(20)5-2-9(14(15)17)8-12(10)19/h2-5,10-12,16,20H,6-8,18H2,1H3/t10?,11-,12+,16-,17?/m0/s1. The molecule has 5 atom stereocenters. The van der Waals surface area contributed by atoms with Gasteiger partial charge in [-0.1, -0.05) is 18.2 Å². The highest BCUT2D eigenvalue weighted by Crippen LogP contribution is 2.62. The predicted molar refractivity (Wildman–Crippen MR) is 79.5 cm³/mol. The number of hydrogen-bond acceptors (Lipinski definition) is 4. The highest BCUT2D eigenvalue weighted by molar-refractivity contribution is 5.61. The van der Waals surface area contributed by atoms with Gasteiger partial charge in [-0.15, -0.1) is 0 Å². The van der Waals surface area contributed by atoms with E-state index in [2.05, 4.69) is 30.2 Å². The Morgan fingerprint density at radius 2 is 2.24 bits per heavy atom. The Hall–Kier alpha value is -1.52. The third-order valence-electron chi connectivity index (χ3n) is 6.21. The van der Waals surface area contributed by atoms with E-state index in [1.165, 1.54) is 11.1 Å². The summed E-state index contributed by atoms with van der Waals surface area (Å²) < 4.78 is 6.21. The van der Waals surface area contributed by atoms with Crippen LogP contribution in [0.2, 0.25) is 0 Å². The molecule has 5 rings (SSSR count). The fraction of sp³-hybridized carbons (Fsp3) is 0.529. The van der Waals surface area contributed by atoms with Gasteiger partial charge in [0.2, 0.25) is 0 Å². The van der Waals surface area contributed by atoms with E-state index >= 15 is 0 Å². The van der Waals surface area contributed by atoms with Crippen molar-refractivity contribution in [2.45, 2.75) is 36.4 Å². The molecule has 0 amide bonds. The first-order chi connectivity index (χ1) is 10.1. The summed E-state index contributed by atoms with van der Waals surface area (Å²) in [7, 11) is 2.22. The molecule has 2 bridgehead atoms. The molecular weight excluding hydrogens is 264 g/mol. The van der Waals surface area contributed by atoms with Gasteiger partial charge >= 0.3 is 0 Å². The van der Waals surface area contributed by atoms with Crippen molar-refractivity contribution >= 4 is 0 Å².